The molecule has 0 bridgehead atoms. The van der Waals surface area contributed by atoms with E-state index in [4.69, 9.17) is 5.73 Å². The van der Waals surface area contributed by atoms with Gasteiger partial charge in [0.15, 0.2) is 0 Å². The predicted octanol–water partition coefficient (Wildman–Crippen LogP) is 1.78. The molecule has 0 aliphatic carbocycles. The smallest absolute Gasteiger partial charge is 0.225 e. The number of piperidine rings is 1. The molecule has 1 fully saturated rings. The highest BCUT2D eigenvalue weighted by Gasteiger charge is 2.24. The first kappa shape index (κ1) is 22.5. The highest BCUT2D eigenvalue weighted by Crippen LogP contribution is 2.29. The Balaban J connectivity index is 0.00000264. The fourth-order valence-electron chi connectivity index (χ4n) is 2.71. The second kappa shape index (κ2) is 11.1. The van der Waals surface area contributed by atoms with Crippen LogP contribution in [-0.2, 0) is 9.59 Å². The van der Waals surface area contributed by atoms with Crippen LogP contribution in [0.1, 0.15) is 19.3 Å². The number of rotatable bonds is 6. The number of nitrogens with two attached hydrogens (primary N) is 1. The van der Waals surface area contributed by atoms with Gasteiger partial charge in [0.1, 0.15) is 0 Å². The number of benzene rings is 1. The number of nitrogens with one attached hydrogen (secondary N) is 2. The molecule has 0 saturated carbocycles. The molecule has 2 rings (SSSR count). The molecule has 1 aliphatic rings. The van der Waals surface area contributed by atoms with Crippen molar-refractivity contribution in [2.75, 3.05) is 36.9 Å². The summed E-state index contributed by atoms with van der Waals surface area (Å²) in [5.41, 5.74) is 7.20. The molecule has 0 aromatic heterocycles. The van der Waals surface area contributed by atoms with Crippen molar-refractivity contribution >= 4 is 48.0 Å². The summed E-state index contributed by atoms with van der Waals surface area (Å²) in [6.45, 7) is 2.20. The first-order chi connectivity index (χ1) is 10.6. The summed E-state index contributed by atoms with van der Waals surface area (Å²) in [4.78, 5) is 25.4. The van der Waals surface area contributed by atoms with E-state index in [0.717, 1.165) is 37.3 Å². The summed E-state index contributed by atoms with van der Waals surface area (Å²) < 4.78 is 0. The van der Waals surface area contributed by atoms with Gasteiger partial charge in [0, 0.05) is 32.0 Å². The minimum absolute atomic E-state index is 0. The van der Waals surface area contributed by atoms with Gasteiger partial charge in [-0.1, -0.05) is 12.1 Å². The Hall–Kier alpha value is -1.50. The molecule has 2 amide bonds. The number of carbonyl (C=O) groups is 2. The van der Waals surface area contributed by atoms with Crippen LogP contribution >= 0.6 is 24.8 Å². The first-order valence-corrected chi connectivity index (χ1v) is 7.69. The molecule has 136 valence electrons. The van der Waals surface area contributed by atoms with E-state index in [9.17, 15) is 9.59 Å². The molecule has 1 saturated heterocycles. The van der Waals surface area contributed by atoms with E-state index >= 15 is 0 Å². The highest BCUT2D eigenvalue weighted by molar-refractivity contribution is 5.94. The number of halogens is 2. The van der Waals surface area contributed by atoms with Crippen LogP contribution in [0.25, 0.3) is 0 Å². The van der Waals surface area contributed by atoms with Gasteiger partial charge in [0.2, 0.25) is 11.8 Å². The van der Waals surface area contributed by atoms with Gasteiger partial charge in [-0.25, -0.2) is 0 Å². The molecule has 8 heteroatoms. The van der Waals surface area contributed by atoms with Crippen molar-refractivity contribution in [2.45, 2.75) is 19.3 Å². The van der Waals surface area contributed by atoms with E-state index in [-0.39, 0.29) is 42.5 Å². The quantitative estimate of drug-likeness (QED) is 0.705. The Labute approximate surface area is 155 Å². The van der Waals surface area contributed by atoms with Crippen molar-refractivity contribution in [1.29, 1.82) is 0 Å². The van der Waals surface area contributed by atoms with Crippen molar-refractivity contribution in [3.8, 4) is 0 Å². The Morgan fingerprint density at radius 2 is 1.83 bits per heavy atom. The number of primary amides is 1. The van der Waals surface area contributed by atoms with Crippen LogP contribution in [0.15, 0.2) is 24.3 Å². The van der Waals surface area contributed by atoms with Gasteiger partial charge in [-0.2, -0.15) is 0 Å². The van der Waals surface area contributed by atoms with Gasteiger partial charge in [-0.15, -0.1) is 24.8 Å². The van der Waals surface area contributed by atoms with E-state index in [1.165, 1.54) is 0 Å². The Bertz CT molecular complexity index is 535. The maximum absolute atomic E-state index is 11.9. The van der Waals surface area contributed by atoms with Gasteiger partial charge in [-0.05, 0) is 32.0 Å². The zero-order valence-electron chi connectivity index (χ0n) is 13.8. The molecule has 6 nitrogen and oxygen atoms in total. The standard InChI is InChI=1S/C16H24N4O2.2ClH/c1-18-9-6-15(21)19-13-4-2-3-5-14(13)20-10-7-12(8-11-20)16(17)22;;/h2-5,12,18H,6-11H2,1H3,(H2,17,22)(H,19,21);2*1H. The zero-order chi connectivity index (χ0) is 15.9. The van der Waals surface area contributed by atoms with E-state index in [1.54, 1.807) is 0 Å². The molecule has 24 heavy (non-hydrogen) atoms. The van der Waals surface area contributed by atoms with Crippen molar-refractivity contribution in [3.63, 3.8) is 0 Å². The lowest BCUT2D eigenvalue weighted by Crippen LogP contribution is -2.38. The average molecular weight is 377 g/mol. The van der Waals surface area contributed by atoms with Gasteiger partial charge < -0.3 is 21.3 Å². The predicted molar refractivity (Wildman–Crippen MR) is 102 cm³/mol. The van der Waals surface area contributed by atoms with Crippen molar-refractivity contribution in [3.05, 3.63) is 24.3 Å². The number of anilines is 2. The lowest BCUT2D eigenvalue weighted by Gasteiger charge is -2.33. The molecular weight excluding hydrogens is 351 g/mol. The largest absolute Gasteiger partial charge is 0.370 e. The first-order valence-electron chi connectivity index (χ1n) is 7.69. The van der Waals surface area contributed by atoms with E-state index in [2.05, 4.69) is 15.5 Å². The van der Waals surface area contributed by atoms with Crippen LogP contribution in [0, 0.1) is 5.92 Å². The maximum atomic E-state index is 11.9. The van der Waals surface area contributed by atoms with E-state index < -0.39 is 0 Å². The molecule has 1 aliphatic heterocycles. The third-order valence-corrected chi connectivity index (χ3v) is 4.02. The summed E-state index contributed by atoms with van der Waals surface area (Å²) in [6.07, 6.45) is 1.96. The van der Waals surface area contributed by atoms with Crippen LogP contribution in [0.2, 0.25) is 0 Å². The summed E-state index contributed by atoms with van der Waals surface area (Å²) in [6, 6.07) is 7.77. The van der Waals surface area contributed by atoms with Gasteiger partial charge >= 0.3 is 0 Å². The zero-order valence-corrected chi connectivity index (χ0v) is 15.4. The van der Waals surface area contributed by atoms with Crippen molar-refractivity contribution < 1.29 is 9.59 Å². The normalized spacial score (nSPS) is 14.3. The van der Waals surface area contributed by atoms with Gasteiger partial charge in [0.05, 0.1) is 11.4 Å². The number of hydrogen-bond donors (Lipinski definition) is 3. The average Bonchev–Trinajstić information content (AvgIpc) is 2.53. The van der Waals surface area contributed by atoms with Gasteiger partial charge in [-0.3, -0.25) is 9.59 Å². The fraction of sp³-hybridized carbons (Fsp3) is 0.500. The Morgan fingerprint density at radius 1 is 1.21 bits per heavy atom. The van der Waals surface area contributed by atoms with Crippen LogP contribution in [-0.4, -0.2) is 38.5 Å². The molecule has 0 radical (unpaired) electrons. The third kappa shape index (κ3) is 6.19. The summed E-state index contributed by atoms with van der Waals surface area (Å²) >= 11 is 0. The lowest BCUT2D eigenvalue weighted by molar-refractivity contribution is -0.122. The number of hydrogen-bond acceptors (Lipinski definition) is 4. The number of para-hydroxylation sites is 2. The third-order valence-electron chi connectivity index (χ3n) is 4.02. The second-order valence-corrected chi connectivity index (χ2v) is 5.58. The highest BCUT2D eigenvalue weighted by atomic mass is 35.5. The molecule has 1 aromatic rings. The number of nitrogens with zero attached hydrogens (tertiary/aromatic N) is 1. The number of carbonyl (C=O) groups excluding carboxylic acids is 2. The van der Waals surface area contributed by atoms with Crippen LogP contribution in [0.5, 0.6) is 0 Å². The Kier molecular flexibility index (Phi) is 10.4. The molecular formula is C16H26Cl2N4O2. The molecule has 1 heterocycles. The minimum atomic E-state index is -0.215. The van der Waals surface area contributed by atoms with Crippen LogP contribution < -0.4 is 21.3 Å². The topological polar surface area (TPSA) is 87.5 Å². The fourth-order valence-corrected chi connectivity index (χ4v) is 2.71. The molecule has 0 atom stereocenters. The molecule has 0 unspecified atom stereocenters. The Morgan fingerprint density at radius 3 is 2.42 bits per heavy atom. The van der Waals surface area contributed by atoms with Crippen LogP contribution in [0.4, 0.5) is 11.4 Å². The second-order valence-electron chi connectivity index (χ2n) is 5.58. The maximum Gasteiger partial charge on any atom is 0.225 e. The lowest BCUT2D eigenvalue weighted by atomic mass is 9.96. The van der Waals surface area contributed by atoms with E-state index in [0.29, 0.717) is 13.0 Å². The van der Waals surface area contributed by atoms with Crippen molar-refractivity contribution in [1.82, 2.24) is 5.32 Å². The molecule has 0 spiro atoms. The van der Waals surface area contributed by atoms with Crippen molar-refractivity contribution in [2.24, 2.45) is 11.7 Å². The number of amides is 2. The minimum Gasteiger partial charge on any atom is -0.370 e. The summed E-state index contributed by atoms with van der Waals surface area (Å²) in [7, 11) is 1.82. The summed E-state index contributed by atoms with van der Waals surface area (Å²) in [5.74, 6) is -0.254. The SMILES string of the molecule is CNCCC(=O)Nc1ccccc1N1CCC(C(N)=O)CC1.Cl.Cl. The monoisotopic (exact) mass is 376 g/mol. The van der Waals surface area contributed by atoms with Gasteiger partial charge in [0.25, 0.3) is 0 Å². The van der Waals surface area contributed by atoms with E-state index in [1.807, 2.05) is 31.3 Å². The molecule has 1 aromatic carbocycles. The summed E-state index contributed by atoms with van der Waals surface area (Å²) in [5, 5.41) is 5.93. The van der Waals surface area contributed by atoms with Crippen LogP contribution in [0.3, 0.4) is 0 Å². The molecule has 4 N–H and O–H groups in total.